The summed E-state index contributed by atoms with van der Waals surface area (Å²) in [6.45, 7) is 2.00. The van der Waals surface area contributed by atoms with Gasteiger partial charge in [0.2, 0.25) is 0 Å². The van der Waals surface area contributed by atoms with Crippen molar-refractivity contribution < 1.29 is 14.7 Å². The van der Waals surface area contributed by atoms with E-state index in [4.69, 9.17) is 9.90 Å². The van der Waals surface area contributed by atoms with Crippen molar-refractivity contribution in [3.63, 3.8) is 0 Å². The van der Waals surface area contributed by atoms with Gasteiger partial charge in [0.25, 0.3) is 0 Å². The second-order valence-electron chi connectivity index (χ2n) is 1.61. The zero-order chi connectivity index (χ0) is 6.57. The monoisotopic (exact) mass is 116 g/mol. The van der Waals surface area contributed by atoms with E-state index in [1.54, 1.807) is 0 Å². The average Bonchev–Trinajstić information content (AvgIpc) is 2.50. The minimum Gasteiger partial charge on any atom is -0.481 e. The molecule has 1 saturated carbocycles. The SMILES string of the molecule is C=O.O=C(O)C1CC1. The maximum atomic E-state index is 9.76. The normalized spacial score (nSPS) is 16.0. The molecule has 0 aromatic rings. The molecule has 0 saturated heterocycles. The molecule has 1 N–H and O–H groups in total. The molecule has 46 valence electrons. The fourth-order valence-electron chi connectivity index (χ4n) is 0.330. The minimum absolute atomic E-state index is 0.0185. The third kappa shape index (κ3) is 2.34. The molecular formula is C5H8O3. The summed E-state index contributed by atoms with van der Waals surface area (Å²) in [6, 6.07) is 0. The summed E-state index contributed by atoms with van der Waals surface area (Å²) in [7, 11) is 0. The predicted molar refractivity (Wildman–Crippen MR) is 27.5 cm³/mol. The first-order valence-electron chi connectivity index (χ1n) is 2.32. The molecular weight excluding hydrogens is 108 g/mol. The second-order valence-corrected chi connectivity index (χ2v) is 1.61. The lowest BCUT2D eigenvalue weighted by Gasteiger charge is -1.75. The van der Waals surface area contributed by atoms with Gasteiger partial charge in [-0.05, 0) is 12.8 Å². The van der Waals surface area contributed by atoms with Crippen molar-refractivity contribution in [1.82, 2.24) is 0 Å². The van der Waals surface area contributed by atoms with E-state index in [9.17, 15) is 4.79 Å². The molecule has 0 radical (unpaired) electrons. The second kappa shape index (κ2) is 3.18. The van der Waals surface area contributed by atoms with Crippen molar-refractivity contribution in [2.45, 2.75) is 12.8 Å². The van der Waals surface area contributed by atoms with E-state index >= 15 is 0 Å². The summed E-state index contributed by atoms with van der Waals surface area (Å²) in [4.78, 5) is 17.8. The first-order valence-corrected chi connectivity index (χ1v) is 2.32. The highest BCUT2D eigenvalue weighted by Crippen LogP contribution is 2.28. The number of rotatable bonds is 1. The molecule has 0 unspecified atom stereocenters. The van der Waals surface area contributed by atoms with Crippen LogP contribution in [0, 0.1) is 5.92 Å². The van der Waals surface area contributed by atoms with Crippen LogP contribution in [-0.4, -0.2) is 17.9 Å². The van der Waals surface area contributed by atoms with Gasteiger partial charge < -0.3 is 9.90 Å². The van der Waals surface area contributed by atoms with Crippen molar-refractivity contribution in [1.29, 1.82) is 0 Å². The summed E-state index contributed by atoms with van der Waals surface area (Å²) in [5.74, 6) is -0.611. The van der Waals surface area contributed by atoms with Crippen LogP contribution in [0.25, 0.3) is 0 Å². The number of carboxylic acids is 1. The van der Waals surface area contributed by atoms with Gasteiger partial charge in [-0.15, -0.1) is 0 Å². The quantitative estimate of drug-likeness (QED) is 0.536. The first-order chi connectivity index (χ1) is 3.80. The Morgan fingerprint density at radius 3 is 1.88 bits per heavy atom. The van der Waals surface area contributed by atoms with E-state index in [0.717, 1.165) is 12.8 Å². The molecule has 0 spiro atoms. The molecule has 0 aliphatic heterocycles. The molecule has 1 rings (SSSR count). The number of aliphatic carboxylic acids is 1. The van der Waals surface area contributed by atoms with Crippen LogP contribution in [0.4, 0.5) is 0 Å². The fourth-order valence-corrected chi connectivity index (χ4v) is 0.330. The highest BCUT2D eigenvalue weighted by Gasteiger charge is 2.28. The molecule has 1 fully saturated rings. The Morgan fingerprint density at radius 2 is 1.88 bits per heavy atom. The summed E-state index contributed by atoms with van der Waals surface area (Å²) >= 11 is 0. The van der Waals surface area contributed by atoms with Gasteiger partial charge in [0.05, 0.1) is 5.92 Å². The smallest absolute Gasteiger partial charge is 0.306 e. The van der Waals surface area contributed by atoms with Crippen molar-refractivity contribution in [3.8, 4) is 0 Å². The van der Waals surface area contributed by atoms with Crippen molar-refractivity contribution in [3.05, 3.63) is 0 Å². The summed E-state index contributed by atoms with van der Waals surface area (Å²) in [6.07, 6.45) is 1.80. The summed E-state index contributed by atoms with van der Waals surface area (Å²) < 4.78 is 0. The fraction of sp³-hybridized carbons (Fsp3) is 0.600. The highest BCUT2D eigenvalue weighted by molar-refractivity contribution is 5.72. The lowest BCUT2D eigenvalue weighted by Crippen LogP contribution is -1.94. The largest absolute Gasteiger partial charge is 0.481 e. The molecule has 0 heterocycles. The van der Waals surface area contributed by atoms with Gasteiger partial charge in [0.1, 0.15) is 6.79 Å². The predicted octanol–water partition coefficient (Wildman–Crippen LogP) is 0.296. The molecule has 0 bridgehead atoms. The van der Waals surface area contributed by atoms with Crippen molar-refractivity contribution >= 4 is 12.8 Å². The van der Waals surface area contributed by atoms with Crippen LogP contribution < -0.4 is 0 Å². The molecule has 8 heavy (non-hydrogen) atoms. The Hall–Kier alpha value is -0.860. The number of carbonyl (C=O) groups excluding carboxylic acids is 1. The van der Waals surface area contributed by atoms with E-state index in [1.165, 1.54) is 0 Å². The molecule has 1 aliphatic rings. The van der Waals surface area contributed by atoms with Gasteiger partial charge in [-0.1, -0.05) is 0 Å². The Morgan fingerprint density at radius 1 is 1.50 bits per heavy atom. The summed E-state index contributed by atoms with van der Waals surface area (Å²) in [5, 5.41) is 8.05. The van der Waals surface area contributed by atoms with Crippen LogP contribution in [0.2, 0.25) is 0 Å². The third-order valence-electron chi connectivity index (χ3n) is 0.927. The van der Waals surface area contributed by atoms with Crippen molar-refractivity contribution in [2.75, 3.05) is 0 Å². The van der Waals surface area contributed by atoms with E-state index in [0.29, 0.717) is 0 Å². The Balaban J connectivity index is 0.000000222. The van der Waals surface area contributed by atoms with E-state index in [1.807, 2.05) is 6.79 Å². The first kappa shape index (κ1) is 7.14. The van der Waals surface area contributed by atoms with Gasteiger partial charge in [-0.2, -0.15) is 0 Å². The third-order valence-corrected chi connectivity index (χ3v) is 0.927. The molecule has 0 aromatic heterocycles. The Bertz CT molecular complexity index is 85.7. The summed E-state index contributed by atoms with van der Waals surface area (Å²) in [5.41, 5.74) is 0. The number of carbonyl (C=O) groups is 2. The maximum absolute atomic E-state index is 9.76. The van der Waals surface area contributed by atoms with Crippen LogP contribution in [0.1, 0.15) is 12.8 Å². The van der Waals surface area contributed by atoms with E-state index in [-0.39, 0.29) is 5.92 Å². The number of carboxylic acid groups (broad SMARTS) is 1. The van der Waals surface area contributed by atoms with Crippen LogP contribution in [0.5, 0.6) is 0 Å². The topological polar surface area (TPSA) is 54.4 Å². The molecule has 1 aliphatic carbocycles. The number of hydrogen-bond acceptors (Lipinski definition) is 2. The maximum Gasteiger partial charge on any atom is 0.306 e. The zero-order valence-corrected chi connectivity index (χ0v) is 4.46. The highest BCUT2D eigenvalue weighted by atomic mass is 16.4. The van der Waals surface area contributed by atoms with E-state index in [2.05, 4.69) is 0 Å². The average molecular weight is 116 g/mol. The number of hydrogen-bond donors (Lipinski definition) is 1. The minimum atomic E-state index is -0.630. The Kier molecular flexibility index (Phi) is 2.84. The Labute approximate surface area is 47.3 Å². The molecule has 3 heteroatoms. The van der Waals surface area contributed by atoms with E-state index < -0.39 is 5.97 Å². The molecule has 3 nitrogen and oxygen atoms in total. The van der Waals surface area contributed by atoms with Gasteiger partial charge >= 0.3 is 5.97 Å². The van der Waals surface area contributed by atoms with Crippen LogP contribution in [0.3, 0.4) is 0 Å². The van der Waals surface area contributed by atoms with Gasteiger partial charge in [-0.25, -0.2) is 0 Å². The van der Waals surface area contributed by atoms with Gasteiger partial charge in [-0.3, -0.25) is 4.79 Å². The lowest BCUT2D eigenvalue weighted by molar-refractivity contribution is -0.138. The molecule has 0 aromatic carbocycles. The van der Waals surface area contributed by atoms with Gasteiger partial charge in [0, 0.05) is 0 Å². The zero-order valence-electron chi connectivity index (χ0n) is 4.46. The molecule has 0 amide bonds. The van der Waals surface area contributed by atoms with Crippen LogP contribution in [-0.2, 0) is 9.59 Å². The molecule has 0 atom stereocenters. The van der Waals surface area contributed by atoms with Crippen molar-refractivity contribution in [2.24, 2.45) is 5.92 Å². The van der Waals surface area contributed by atoms with Gasteiger partial charge in [0.15, 0.2) is 0 Å². The van der Waals surface area contributed by atoms with Crippen LogP contribution >= 0.6 is 0 Å². The standard InChI is InChI=1S/C4H6O2.CH2O/c5-4(6)3-1-2-3;1-2/h3H,1-2H2,(H,5,6);1H2. The van der Waals surface area contributed by atoms with Crippen LogP contribution in [0.15, 0.2) is 0 Å². The lowest BCUT2D eigenvalue weighted by atomic mass is 10.5.